The fraction of sp³-hybridized carbons (Fsp3) is 0.500. The minimum absolute atomic E-state index is 0.299. The summed E-state index contributed by atoms with van der Waals surface area (Å²) in [5.41, 5.74) is 2.78. The number of nitrogens with zero attached hydrogens (tertiary/aromatic N) is 3. The molecule has 2 heterocycles. The van der Waals surface area contributed by atoms with Crippen LogP contribution in [-0.2, 0) is 24.9 Å². The molecule has 26 heavy (non-hydrogen) atoms. The van der Waals surface area contributed by atoms with E-state index in [0.29, 0.717) is 24.8 Å². The Balaban J connectivity index is 1.56. The highest BCUT2D eigenvalue weighted by Gasteiger charge is 2.22. The van der Waals surface area contributed by atoms with Crippen molar-refractivity contribution in [2.75, 3.05) is 19.7 Å². The number of carbonyl (C=O) groups excluding carboxylic acids is 1. The van der Waals surface area contributed by atoms with E-state index in [0.717, 1.165) is 31.7 Å². The maximum absolute atomic E-state index is 12.1. The lowest BCUT2D eigenvalue weighted by Gasteiger charge is -2.33. The molecule has 1 aromatic carbocycles. The first-order valence-electron chi connectivity index (χ1n) is 9.35. The molecule has 0 saturated carbocycles. The van der Waals surface area contributed by atoms with Gasteiger partial charge in [0.05, 0.1) is 18.5 Å². The molecule has 1 N–H and O–H groups in total. The van der Waals surface area contributed by atoms with Crippen LogP contribution in [0.5, 0.6) is 0 Å². The van der Waals surface area contributed by atoms with E-state index in [-0.39, 0.29) is 5.97 Å². The number of carbonyl (C=O) groups is 1. The van der Waals surface area contributed by atoms with Gasteiger partial charge in [0.25, 0.3) is 0 Å². The van der Waals surface area contributed by atoms with Crippen molar-refractivity contribution in [3.05, 3.63) is 53.3 Å². The van der Waals surface area contributed by atoms with E-state index in [2.05, 4.69) is 45.6 Å². The zero-order chi connectivity index (χ0) is 18.4. The molecule has 1 saturated heterocycles. The first kappa shape index (κ1) is 18.6. The average Bonchev–Trinajstić information content (AvgIpc) is 3.02. The maximum Gasteiger partial charge on any atom is 0.341 e. The molecule has 2 aromatic rings. The summed E-state index contributed by atoms with van der Waals surface area (Å²) in [5, 5.41) is 7.83. The first-order chi connectivity index (χ1) is 12.7. The quantitative estimate of drug-likeness (QED) is 0.772. The van der Waals surface area contributed by atoms with Crippen LogP contribution in [0.25, 0.3) is 0 Å². The summed E-state index contributed by atoms with van der Waals surface area (Å²) in [4.78, 5) is 14.6. The smallest absolute Gasteiger partial charge is 0.341 e. The second-order valence-corrected chi connectivity index (χ2v) is 6.79. The van der Waals surface area contributed by atoms with Crippen molar-refractivity contribution in [1.82, 2.24) is 20.0 Å². The van der Waals surface area contributed by atoms with Crippen molar-refractivity contribution >= 4 is 5.97 Å². The van der Waals surface area contributed by atoms with Gasteiger partial charge in [0.15, 0.2) is 0 Å². The summed E-state index contributed by atoms with van der Waals surface area (Å²) in [7, 11) is 1.86. The molecule has 1 atom stereocenters. The van der Waals surface area contributed by atoms with Crippen molar-refractivity contribution in [2.24, 2.45) is 7.05 Å². The zero-order valence-electron chi connectivity index (χ0n) is 15.6. The summed E-state index contributed by atoms with van der Waals surface area (Å²) < 4.78 is 6.88. The molecule has 140 valence electrons. The molecule has 1 unspecified atom stereocenters. The number of aryl methyl sites for hydroxylation is 1. The molecule has 0 aliphatic carbocycles. The molecule has 0 bridgehead atoms. The number of aromatic nitrogens is 2. The Kier molecular flexibility index (Phi) is 6.41. The van der Waals surface area contributed by atoms with Gasteiger partial charge in [-0.05, 0) is 31.9 Å². The second kappa shape index (κ2) is 8.96. The van der Waals surface area contributed by atoms with Gasteiger partial charge in [-0.15, -0.1) is 0 Å². The average molecular weight is 356 g/mol. The number of rotatable bonds is 7. The lowest BCUT2D eigenvalue weighted by molar-refractivity contribution is 0.0524. The summed E-state index contributed by atoms with van der Waals surface area (Å²) in [5.74, 6) is -0.299. The molecule has 3 rings (SSSR count). The Morgan fingerprint density at radius 2 is 2.15 bits per heavy atom. The van der Waals surface area contributed by atoms with E-state index in [1.54, 1.807) is 10.9 Å². The van der Waals surface area contributed by atoms with E-state index >= 15 is 0 Å². The molecule has 1 aliphatic heterocycles. The standard InChI is InChI=1S/C20H28N4O2/c1-3-26-20(25)18-12-22-23(2)19(18)13-21-17-10-7-11-24(15-17)14-16-8-5-4-6-9-16/h4-6,8-9,12,17,21H,3,7,10-11,13-15H2,1-2H3. The van der Waals surface area contributed by atoms with Crippen LogP contribution in [0.3, 0.4) is 0 Å². The number of piperidine rings is 1. The fourth-order valence-electron chi connectivity index (χ4n) is 3.50. The van der Waals surface area contributed by atoms with Gasteiger partial charge in [-0.1, -0.05) is 30.3 Å². The van der Waals surface area contributed by atoms with Crippen molar-refractivity contribution in [3.8, 4) is 0 Å². The van der Waals surface area contributed by atoms with Crippen LogP contribution in [0, 0.1) is 0 Å². The topological polar surface area (TPSA) is 59.4 Å². The summed E-state index contributed by atoms with van der Waals surface area (Å²) >= 11 is 0. The van der Waals surface area contributed by atoms with Crippen LogP contribution < -0.4 is 5.32 Å². The van der Waals surface area contributed by atoms with Crippen LogP contribution in [0.4, 0.5) is 0 Å². The minimum atomic E-state index is -0.299. The Labute approximate surface area is 155 Å². The number of hydrogen-bond donors (Lipinski definition) is 1. The third-order valence-corrected chi connectivity index (χ3v) is 4.87. The molecule has 1 aliphatic rings. The normalized spacial score (nSPS) is 18.0. The van der Waals surface area contributed by atoms with E-state index in [1.165, 1.54) is 12.0 Å². The van der Waals surface area contributed by atoms with E-state index in [9.17, 15) is 4.79 Å². The molecule has 0 radical (unpaired) electrons. The number of nitrogens with one attached hydrogen (secondary N) is 1. The highest BCUT2D eigenvalue weighted by molar-refractivity contribution is 5.90. The summed E-state index contributed by atoms with van der Waals surface area (Å²) in [6.07, 6.45) is 3.93. The van der Waals surface area contributed by atoms with E-state index in [4.69, 9.17) is 4.74 Å². The molecule has 1 aromatic heterocycles. The molecule has 1 fully saturated rings. The maximum atomic E-state index is 12.1. The number of esters is 1. The van der Waals surface area contributed by atoms with Gasteiger partial charge in [-0.2, -0.15) is 5.10 Å². The minimum Gasteiger partial charge on any atom is -0.462 e. The Morgan fingerprint density at radius 1 is 1.35 bits per heavy atom. The predicted octanol–water partition coefficient (Wildman–Crippen LogP) is 2.35. The van der Waals surface area contributed by atoms with E-state index in [1.807, 2.05) is 14.0 Å². The van der Waals surface area contributed by atoms with Crippen LogP contribution in [0.15, 0.2) is 36.5 Å². The van der Waals surface area contributed by atoms with Gasteiger partial charge in [0, 0.05) is 32.7 Å². The van der Waals surface area contributed by atoms with Gasteiger partial charge in [-0.3, -0.25) is 9.58 Å². The molecular weight excluding hydrogens is 328 g/mol. The second-order valence-electron chi connectivity index (χ2n) is 6.79. The van der Waals surface area contributed by atoms with Crippen molar-refractivity contribution in [2.45, 2.75) is 38.9 Å². The van der Waals surface area contributed by atoms with Gasteiger partial charge in [0.2, 0.25) is 0 Å². The van der Waals surface area contributed by atoms with Crippen LogP contribution in [-0.4, -0.2) is 46.4 Å². The third-order valence-electron chi connectivity index (χ3n) is 4.87. The summed E-state index contributed by atoms with van der Waals surface area (Å²) in [6, 6.07) is 11.0. The van der Waals surface area contributed by atoms with Gasteiger partial charge in [0.1, 0.15) is 5.56 Å². The third kappa shape index (κ3) is 4.71. The first-order valence-corrected chi connectivity index (χ1v) is 9.35. The lowest BCUT2D eigenvalue weighted by Crippen LogP contribution is -2.45. The molecule has 6 nitrogen and oxygen atoms in total. The molecular formula is C20H28N4O2. The Morgan fingerprint density at radius 3 is 2.92 bits per heavy atom. The number of ether oxygens (including phenoxy) is 1. The molecule has 0 spiro atoms. The van der Waals surface area contributed by atoms with Crippen molar-refractivity contribution < 1.29 is 9.53 Å². The van der Waals surface area contributed by atoms with Crippen LogP contribution in [0.1, 0.15) is 41.4 Å². The van der Waals surface area contributed by atoms with Crippen LogP contribution in [0.2, 0.25) is 0 Å². The van der Waals surface area contributed by atoms with Gasteiger partial charge >= 0.3 is 5.97 Å². The summed E-state index contributed by atoms with van der Waals surface area (Å²) in [6.45, 7) is 5.94. The zero-order valence-corrected chi connectivity index (χ0v) is 15.6. The van der Waals surface area contributed by atoms with Gasteiger partial charge in [-0.25, -0.2) is 4.79 Å². The number of hydrogen-bond acceptors (Lipinski definition) is 5. The highest BCUT2D eigenvalue weighted by Crippen LogP contribution is 2.15. The SMILES string of the molecule is CCOC(=O)c1cnn(C)c1CNC1CCCN(Cc2ccccc2)C1. The Hall–Kier alpha value is -2.18. The monoisotopic (exact) mass is 356 g/mol. The molecule has 6 heteroatoms. The van der Waals surface area contributed by atoms with Gasteiger partial charge < -0.3 is 10.1 Å². The van der Waals surface area contributed by atoms with Crippen molar-refractivity contribution in [1.29, 1.82) is 0 Å². The molecule has 0 amide bonds. The lowest BCUT2D eigenvalue weighted by atomic mass is 10.0. The largest absolute Gasteiger partial charge is 0.462 e. The Bertz CT molecular complexity index is 714. The highest BCUT2D eigenvalue weighted by atomic mass is 16.5. The number of benzene rings is 1. The number of likely N-dealkylation sites (tertiary alicyclic amines) is 1. The predicted molar refractivity (Wildman–Crippen MR) is 101 cm³/mol. The van der Waals surface area contributed by atoms with Crippen LogP contribution >= 0.6 is 0 Å². The fourth-order valence-corrected chi connectivity index (χ4v) is 3.50. The van der Waals surface area contributed by atoms with E-state index < -0.39 is 0 Å². The van der Waals surface area contributed by atoms with Crippen molar-refractivity contribution in [3.63, 3.8) is 0 Å².